The smallest absolute Gasteiger partial charge is 0.213 e. The molecule has 0 radical (unpaired) electrons. The molecular formula is C9H15N3S. The first-order chi connectivity index (χ1) is 5.95. The summed E-state index contributed by atoms with van der Waals surface area (Å²) in [7, 11) is 0. The number of hydrogen-bond donors (Lipinski definition) is 1. The molecule has 0 fully saturated rings. The maximum absolute atomic E-state index is 4.98. The van der Waals surface area contributed by atoms with Gasteiger partial charge in [-0.2, -0.15) is 0 Å². The van der Waals surface area contributed by atoms with Gasteiger partial charge in [0.1, 0.15) is 5.82 Å². The molecule has 4 heteroatoms. The minimum Gasteiger partial charge on any atom is -0.271 e. The van der Waals surface area contributed by atoms with Gasteiger partial charge in [0.05, 0.1) is 6.54 Å². The first kappa shape index (κ1) is 10.2. The molecule has 1 aromatic rings. The van der Waals surface area contributed by atoms with E-state index in [1.54, 1.807) is 0 Å². The highest BCUT2D eigenvalue weighted by molar-refractivity contribution is 7.71. The molecule has 0 bridgehead atoms. The van der Waals surface area contributed by atoms with Crippen LogP contribution in [-0.4, -0.2) is 14.8 Å². The predicted molar refractivity (Wildman–Crippen MR) is 56.3 cm³/mol. The Morgan fingerprint density at radius 2 is 2.23 bits per heavy atom. The van der Waals surface area contributed by atoms with E-state index in [2.05, 4.69) is 37.4 Å². The van der Waals surface area contributed by atoms with Crippen molar-refractivity contribution in [3.8, 4) is 0 Å². The molecule has 72 valence electrons. The molecule has 1 rings (SSSR count). The van der Waals surface area contributed by atoms with Crippen LogP contribution in [0.25, 0.3) is 0 Å². The molecule has 3 nitrogen and oxygen atoms in total. The van der Waals surface area contributed by atoms with Crippen LogP contribution in [0.3, 0.4) is 0 Å². The number of aromatic amines is 1. The molecule has 0 aliphatic heterocycles. The monoisotopic (exact) mass is 197 g/mol. The summed E-state index contributed by atoms with van der Waals surface area (Å²) in [5.74, 6) is 0.970. The minimum absolute atomic E-state index is 0.0105. The minimum atomic E-state index is 0.0105. The van der Waals surface area contributed by atoms with Gasteiger partial charge in [-0.15, -0.1) is 6.58 Å². The Morgan fingerprint density at radius 3 is 2.69 bits per heavy atom. The third-order valence-electron chi connectivity index (χ3n) is 1.68. The Kier molecular flexibility index (Phi) is 2.71. The molecule has 13 heavy (non-hydrogen) atoms. The fourth-order valence-electron chi connectivity index (χ4n) is 1.18. The molecule has 1 N–H and O–H groups in total. The highest BCUT2D eigenvalue weighted by Gasteiger charge is 2.20. The number of nitrogens with zero attached hydrogens (tertiary/aromatic N) is 2. The van der Waals surface area contributed by atoms with Crippen LogP contribution in [-0.2, 0) is 12.0 Å². The summed E-state index contributed by atoms with van der Waals surface area (Å²) in [6.07, 6.45) is 1.82. The lowest BCUT2D eigenvalue weighted by Gasteiger charge is -2.17. The van der Waals surface area contributed by atoms with E-state index < -0.39 is 0 Å². The van der Waals surface area contributed by atoms with Crippen LogP contribution >= 0.6 is 12.2 Å². The number of nitrogens with one attached hydrogen (secondary N) is 1. The molecule has 0 amide bonds. The van der Waals surface area contributed by atoms with Crippen LogP contribution in [0.5, 0.6) is 0 Å². The van der Waals surface area contributed by atoms with Gasteiger partial charge in [0.2, 0.25) is 4.77 Å². The highest BCUT2D eigenvalue weighted by Crippen LogP contribution is 2.19. The fourth-order valence-corrected chi connectivity index (χ4v) is 1.38. The van der Waals surface area contributed by atoms with Crippen molar-refractivity contribution in [2.45, 2.75) is 32.7 Å². The van der Waals surface area contributed by atoms with Crippen LogP contribution in [0.2, 0.25) is 0 Å². The number of aromatic nitrogens is 3. The van der Waals surface area contributed by atoms with Crippen molar-refractivity contribution in [3.63, 3.8) is 0 Å². The summed E-state index contributed by atoms with van der Waals surface area (Å²) < 4.78 is 2.46. The summed E-state index contributed by atoms with van der Waals surface area (Å²) in [6.45, 7) is 10.7. The van der Waals surface area contributed by atoms with Crippen molar-refractivity contribution >= 4 is 12.2 Å². The summed E-state index contributed by atoms with van der Waals surface area (Å²) in [5.41, 5.74) is 0.0105. The number of rotatable bonds is 2. The zero-order valence-corrected chi connectivity index (χ0v) is 9.11. The van der Waals surface area contributed by atoms with Crippen LogP contribution in [0.1, 0.15) is 26.6 Å². The van der Waals surface area contributed by atoms with Gasteiger partial charge in [-0.3, -0.25) is 9.78 Å². The number of H-pyrrole nitrogens is 1. The number of hydrogen-bond acceptors (Lipinski definition) is 2. The van der Waals surface area contributed by atoms with Gasteiger partial charge in [-0.1, -0.05) is 26.8 Å². The molecule has 0 spiro atoms. The quantitative estimate of drug-likeness (QED) is 0.583. The van der Waals surface area contributed by atoms with Gasteiger partial charge in [0, 0.05) is 5.41 Å². The second-order valence-electron chi connectivity index (χ2n) is 4.00. The van der Waals surface area contributed by atoms with Gasteiger partial charge in [-0.25, -0.2) is 4.98 Å². The van der Waals surface area contributed by atoms with E-state index in [0.717, 1.165) is 12.4 Å². The van der Waals surface area contributed by atoms with E-state index in [9.17, 15) is 0 Å². The van der Waals surface area contributed by atoms with E-state index in [4.69, 9.17) is 12.2 Å². The van der Waals surface area contributed by atoms with E-state index in [-0.39, 0.29) is 5.41 Å². The third kappa shape index (κ3) is 2.28. The standard InChI is InChI=1S/C9H15N3S/c1-5-6-12-7(9(2,3)4)10-8(13)11-12/h5H,1,6H2,2-4H3,(H,11,13). The average Bonchev–Trinajstić information content (AvgIpc) is 2.30. The van der Waals surface area contributed by atoms with Crippen molar-refractivity contribution in [1.29, 1.82) is 0 Å². The lowest BCUT2D eigenvalue weighted by Crippen LogP contribution is -2.19. The van der Waals surface area contributed by atoms with Gasteiger partial charge in [-0.05, 0) is 12.2 Å². The van der Waals surface area contributed by atoms with Gasteiger partial charge >= 0.3 is 0 Å². The fraction of sp³-hybridized carbons (Fsp3) is 0.556. The van der Waals surface area contributed by atoms with E-state index >= 15 is 0 Å². The average molecular weight is 197 g/mol. The molecule has 1 heterocycles. The summed E-state index contributed by atoms with van der Waals surface area (Å²) in [6, 6.07) is 0. The van der Waals surface area contributed by atoms with Crippen molar-refractivity contribution in [2.75, 3.05) is 0 Å². The zero-order valence-electron chi connectivity index (χ0n) is 8.29. The molecule has 0 aliphatic carbocycles. The molecule has 1 aromatic heterocycles. The van der Waals surface area contributed by atoms with E-state index in [0.29, 0.717) is 4.77 Å². The Hall–Kier alpha value is -0.900. The van der Waals surface area contributed by atoms with E-state index in [1.807, 2.05) is 10.8 Å². The second kappa shape index (κ2) is 3.46. The van der Waals surface area contributed by atoms with Crippen LogP contribution in [0.15, 0.2) is 12.7 Å². The van der Waals surface area contributed by atoms with E-state index in [1.165, 1.54) is 0 Å². The lowest BCUT2D eigenvalue weighted by molar-refractivity contribution is 0.494. The molecule has 0 atom stereocenters. The Balaban J connectivity index is 3.19. The van der Waals surface area contributed by atoms with Gasteiger partial charge in [0.25, 0.3) is 0 Å². The Bertz CT molecular complexity index is 354. The molecule has 0 aliphatic rings. The van der Waals surface area contributed by atoms with Crippen molar-refractivity contribution in [1.82, 2.24) is 14.8 Å². The topological polar surface area (TPSA) is 33.6 Å². The first-order valence-electron chi connectivity index (χ1n) is 4.23. The highest BCUT2D eigenvalue weighted by atomic mass is 32.1. The lowest BCUT2D eigenvalue weighted by atomic mass is 9.96. The van der Waals surface area contributed by atoms with Crippen molar-refractivity contribution < 1.29 is 0 Å². The molecule has 0 unspecified atom stereocenters. The molecule has 0 saturated heterocycles. The summed E-state index contributed by atoms with van der Waals surface area (Å²) in [5, 5.41) is 3.00. The molecular weight excluding hydrogens is 182 g/mol. The van der Waals surface area contributed by atoms with Gasteiger partial charge in [0.15, 0.2) is 0 Å². The largest absolute Gasteiger partial charge is 0.271 e. The Labute approximate surface area is 83.5 Å². The van der Waals surface area contributed by atoms with Gasteiger partial charge < -0.3 is 0 Å². The van der Waals surface area contributed by atoms with Crippen LogP contribution in [0, 0.1) is 4.77 Å². The third-order valence-corrected chi connectivity index (χ3v) is 1.86. The maximum atomic E-state index is 4.98. The number of allylic oxidation sites excluding steroid dienone is 1. The van der Waals surface area contributed by atoms with Crippen LogP contribution in [0.4, 0.5) is 0 Å². The SMILES string of the molecule is C=CCn1[nH]c(=S)nc1C(C)(C)C. The van der Waals surface area contributed by atoms with Crippen molar-refractivity contribution in [3.05, 3.63) is 23.3 Å². The first-order valence-corrected chi connectivity index (χ1v) is 4.64. The zero-order chi connectivity index (χ0) is 10.1. The predicted octanol–water partition coefficient (Wildman–Crippen LogP) is 2.42. The maximum Gasteiger partial charge on any atom is 0.213 e. The van der Waals surface area contributed by atoms with Crippen LogP contribution < -0.4 is 0 Å². The summed E-state index contributed by atoms with van der Waals surface area (Å²) >= 11 is 4.98. The Morgan fingerprint density at radius 1 is 1.62 bits per heavy atom. The second-order valence-corrected chi connectivity index (χ2v) is 4.39. The molecule has 0 aromatic carbocycles. The normalized spacial score (nSPS) is 11.6. The molecule has 0 saturated carbocycles. The van der Waals surface area contributed by atoms with Crippen molar-refractivity contribution in [2.24, 2.45) is 0 Å². The summed E-state index contributed by atoms with van der Waals surface area (Å²) in [4.78, 5) is 4.27.